The van der Waals surface area contributed by atoms with Gasteiger partial charge in [0.2, 0.25) is 0 Å². The molecule has 1 aromatic carbocycles. The minimum atomic E-state index is -0.191. The first-order chi connectivity index (χ1) is 9.74. The molecule has 0 aliphatic rings. The lowest BCUT2D eigenvalue weighted by molar-refractivity contribution is 0.102. The van der Waals surface area contributed by atoms with Crippen molar-refractivity contribution in [1.82, 2.24) is 14.5 Å². The molecule has 0 unspecified atom stereocenters. The molecule has 0 radical (unpaired) electrons. The molecule has 0 bridgehead atoms. The van der Waals surface area contributed by atoms with Gasteiger partial charge in [-0.25, -0.2) is 4.98 Å². The van der Waals surface area contributed by atoms with Gasteiger partial charge in [-0.2, -0.15) is 0 Å². The molecular formula is C14H11BrN4O. The van der Waals surface area contributed by atoms with Crippen molar-refractivity contribution >= 4 is 27.5 Å². The third-order valence-corrected chi connectivity index (χ3v) is 3.29. The molecule has 20 heavy (non-hydrogen) atoms. The number of halogens is 1. The number of H-pyrrole nitrogens is 1. The van der Waals surface area contributed by atoms with Crippen LogP contribution in [0.5, 0.6) is 0 Å². The lowest BCUT2D eigenvalue weighted by Crippen LogP contribution is -2.13. The Kier molecular flexibility index (Phi) is 3.39. The third kappa shape index (κ3) is 2.50. The minimum absolute atomic E-state index is 0.191. The lowest BCUT2D eigenvalue weighted by atomic mass is 10.2. The largest absolute Gasteiger partial charge is 0.356 e. The Morgan fingerprint density at radius 2 is 2.20 bits per heavy atom. The van der Waals surface area contributed by atoms with Crippen LogP contribution in [-0.4, -0.2) is 20.4 Å². The number of carbonyl (C=O) groups excluding carboxylic acids is 1. The van der Waals surface area contributed by atoms with Crippen molar-refractivity contribution in [2.24, 2.45) is 0 Å². The SMILES string of the molecule is O=C(Nc1ccccc1-n1ccnc1)c1cc(Br)c[nH]1. The first-order valence-electron chi connectivity index (χ1n) is 5.96. The van der Waals surface area contributed by atoms with Crippen LogP contribution in [0.4, 0.5) is 5.69 Å². The molecule has 0 saturated carbocycles. The molecule has 2 aromatic heterocycles. The van der Waals surface area contributed by atoms with Crippen LogP contribution in [0.15, 0.2) is 59.7 Å². The maximum atomic E-state index is 12.2. The Balaban J connectivity index is 1.90. The highest BCUT2D eigenvalue weighted by atomic mass is 79.9. The highest BCUT2D eigenvalue weighted by Crippen LogP contribution is 2.20. The standard InChI is InChI=1S/C14H11BrN4O/c15-10-7-12(17-8-10)14(20)18-11-3-1-2-4-13(11)19-6-5-16-9-19/h1-9,17H,(H,18,20). The minimum Gasteiger partial charge on any atom is -0.356 e. The zero-order valence-electron chi connectivity index (χ0n) is 10.4. The summed E-state index contributed by atoms with van der Waals surface area (Å²) in [5.74, 6) is -0.191. The fraction of sp³-hybridized carbons (Fsp3) is 0. The molecule has 0 atom stereocenters. The zero-order valence-corrected chi connectivity index (χ0v) is 12.0. The molecule has 5 nitrogen and oxygen atoms in total. The van der Waals surface area contributed by atoms with E-state index in [1.165, 1.54) is 0 Å². The van der Waals surface area contributed by atoms with Gasteiger partial charge in [0.15, 0.2) is 0 Å². The van der Waals surface area contributed by atoms with Crippen molar-refractivity contribution in [2.75, 3.05) is 5.32 Å². The number of nitrogens with one attached hydrogen (secondary N) is 2. The molecular weight excluding hydrogens is 320 g/mol. The molecule has 0 aliphatic heterocycles. The topological polar surface area (TPSA) is 62.7 Å². The van der Waals surface area contributed by atoms with Gasteiger partial charge in [0.25, 0.3) is 5.91 Å². The van der Waals surface area contributed by atoms with E-state index in [4.69, 9.17) is 0 Å². The highest BCUT2D eigenvalue weighted by Gasteiger charge is 2.11. The summed E-state index contributed by atoms with van der Waals surface area (Å²) in [7, 11) is 0. The van der Waals surface area contributed by atoms with Crippen LogP contribution in [-0.2, 0) is 0 Å². The maximum Gasteiger partial charge on any atom is 0.272 e. The summed E-state index contributed by atoms with van der Waals surface area (Å²) in [6, 6.07) is 9.29. The van der Waals surface area contributed by atoms with Gasteiger partial charge in [-0.15, -0.1) is 0 Å². The van der Waals surface area contributed by atoms with Crippen LogP contribution in [0.3, 0.4) is 0 Å². The van der Waals surface area contributed by atoms with Crippen LogP contribution in [0.25, 0.3) is 5.69 Å². The number of hydrogen-bond acceptors (Lipinski definition) is 2. The molecule has 0 aliphatic carbocycles. The summed E-state index contributed by atoms with van der Waals surface area (Å²) in [5, 5.41) is 2.89. The van der Waals surface area contributed by atoms with Crippen molar-refractivity contribution in [2.45, 2.75) is 0 Å². The number of anilines is 1. The number of hydrogen-bond donors (Lipinski definition) is 2. The van der Waals surface area contributed by atoms with Crippen molar-refractivity contribution < 1.29 is 4.79 Å². The summed E-state index contributed by atoms with van der Waals surface area (Å²) in [6.07, 6.45) is 6.93. The molecule has 100 valence electrons. The molecule has 6 heteroatoms. The number of para-hydroxylation sites is 2. The predicted octanol–water partition coefficient (Wildman–Crippen LogP) is 3.22. The first-order valence-corrected chi connectivity index (χ1v) is 6.76. The van der Waals surface area contributed by atoms with Crippen molar-refractivity contribution in [3.05, 3.63) is 65.4 Å². The van der Waals surface area contributed by atoms with Crippen molar-refractivity contribution in [3.63, 3.8) is 0 Å². The number of benzene rings is 1. The van der Waals surface area contributed by atoms with Crippen LogP contribution in [0.1, 0.15) is 10.5 Å². The highest BCUT2D eigenvalue weighted by molar-refractivity contribution is 9.10. The van der Waals surface area contributed by atoms with Crippen molar-refractivity contribution in [3.8, 4) is 5.69 Å². The van der Waals surface area contributed by atoms with Gasteiger partial charge >= 0.3 is 0 Å². The Morgan fingerprint density at radius 3 is 2.90 bits per heavy atom. The van der Waals surface area contributed by atoms with E-state index < -0.39 is 0 Å². The number of carbonyl (C=O) groups is 1. The fourth-order valence-corrected chi connectivity index (χ4v) is 2.24. The fourth-order valence-electron chi connectivity index (χ4n) is 1.89. The van der Waals surface area contributed by atoms with Gasteiger partial charge in [0, 0.05) is 23.1 Å². The molecule has 0 fully saturated rings. The summed E-state index contributed by atoms with van der Waals surface area (Å²) in [6.45, 7) is 0. The second-order valence-corrected chi connectivity index (χ2v) is 5.09. The third-order valence-electron chi connectivity index (χ3n) is 2.83. The smallest absolute Gasteiger partial charge is 0.272 e. The Morgan fingerprint density at radius 1 is 1.35 bits per heavy atom. The molecule has 2 heterocycles. The van der Waals surface area contributed by atoms with E-state index in [0.29, 0.717) is 5.69 Å². The molecule has 3 rings (SSSR count). The lowest BCUT2D eigenvalue weighted by Gasteiger charge is -2.10. The summed E-state index contributed by atoms with van der Waals surface area (Å²) < 4.78 is 2.69. The van der Waals surface area contributed by atoms with E-state index in [9.17, 15) is 4.79 Å². The Labute approximate surface area is 123 Å². The average molecular weight is 331 g/mol. The van der Waals surface area contributed by atoms with Crippen molar-refractivity contribution in [1.29, 1.82) is 0 Å². The maximum absolute atomic E-state index is 12.2. The van der Waals surface area contributed by atoms with E-state index >= 15 is 0 Å². The van der Waals surface area contributed by atoms with Crippen LogP contribution < -0.4 is 5.32 Å². The normalized spacial score (nSPS) is 10.4. The number of aromatic nitrogens is 3. The zero-order chi connectivity index (χ0) is 13.9. The Hall–Kier alpha value is -2.34. The van der Waals surface area contributed by atoms with Crippen LogP contribution in [0, 0.1) is 0 Å². The van der Waals surface area contributed by atoms with Crippen LogP contribution >= 0.6 is 15.9 Å². The average Bonchev–Trinajstić information content (AvgIpc) is 3.10. The summed E-state index contributed by atoms with van der Waals surface area (Å²) in [4.78, 5) is 19.1. The van der Waals surface area contributed by atoms with Gasteiger partial charge < -0.3 is 14.9 Å². The number of imidazole rings is 1. The molecule has 1 amide bonds. The molecule has 3 aromatic rings. The summed E-state index contributed by atoms with van der Waals surface area (Å²) in [5.41, 5.74) is 2.09. The van der Waals surface area contributed by atoms with E-state index in [0.717, 1.165) is 15.8 Å². The van der Waals surface area contributed by atoms with E-state index in [-0.39, 0.29) is 5.91 Å². The van der Waals surface area contributed by atoms with Gasteiger partial charge in [-0.05, 0) is 34.1 Å². The van der Waals surface area contributed by atoms with Crippen LogP contribution in [0.2, 0.25) is 0 Å². The van der Waals surface area contributed by atoms with E-state index in [1.54, 1.807) is 24.8 Å². The van der Waals surface area contributed by atoms with E-state index in [2.05, 4.69) is 31.2 Å². The van der Waals surface area contributed by atoms with Gasteiger partial charge in [-0.3, -0.25) is 4.79 Å². The first kappa shape index (κ1) is 12.7. The summed E-state index contributed by atoms with van der Waals surface area (Å²) >= 11 is 3.31. The second kappa shape index (κ2) is 5.34. The number of nitrogens with zero attached hydrogens (tertiary/aromatic N) is 2. The molecule has 0 saturated heterocycles. The van der Waals surface area contributed by atoms with E-state index in [1.807, 2.05) is 35.0 Å². The van der Waals surface area contributed by atoms with Gasteiger partial charge in [0.05, 0.1) is 17.7 Å². The second-order valence-electron chi connectivity index (χ2n) is 4.17. The monoisotopic (exact) mass is 330 g/mol. The number of amides is 1. The number of rotatable bonds is 3. The quantitative estimate of drug-likeness (QED) is 0.774. The van der Waals surface area contributed by atoms with Gasteiger partial charge in [-0.1, -0.05) is 12.1 Å². The molecule has 0 spiro atoms. The van der Waals surface area contributed by atoms with Gasteiger partial charge in [0.1, 0.15) is 5.69 Å². The molecule has 2 N–H and O–H groups in total. The number of aromatic amines is 1. The predicted molar refractivity (Wildman–Crippen MR) is 80.0 cm³/mol. The Bertz CT molecular complexity index is 733.